The molecule has 7 heteroatoms. The number of aromatic nitrogens is 3. The molecule has 0 aliphatic carbocycles. The van der Waals surface area contributed by atoms with Gasteiger partial charge in [0, 0.05) is 54.9 Å². The number of hydrogen-bond donors (Lipinski definition) is 0. The summed E-state index contributed by atoms with van der Waals surface area (Å²) in [4.78, 5) is 16.1. The summed E-state index contributed by atoms with van der Waals surface area (Å²) in [6, 6.07) is 13.9. The van der Waals surface area contributed by atoms with Crippen molar-refractivity contribution in [1.29, 1.82) is 0 Å². The first-order chi connectivity index (χ1) is 17.0. The van der Waals surface area contributed by atoms with Gasteiger partial charge in [-0.1, -0.05) is 24.3 Å². The van der Waals surface area contributed by atoms with Crippen molar-refractivity contribution in [3.05, 3.63) is 76.7 Å². The second-order valence-electron chi connectivity index (χ2n) is 9.09. The van der Waals surface area contributed by atoms with E-state index in [0.717, 1.165) is 40.7 Å². The van der Waals surface area contributed by atoms with Crippen molar-refractivity contribution in [3.8, 4) is 11.5 Å². The summed E-state index contributed by atoms with van der Waals surface area (Å²) >= 11 is 0. The van der Waals surface area contributed by atoms with Crippen LogP contribution < -0.4 is 9.47 Å². The highest BCUT2D eigenvalue weighted by atomic mass is 16.5. The van der Waals surface area contributed by atoms with Gasteiger partial charge in [-0.25, -0.2) is 0 Å². The Labute approximate surface area is 205 Å². The van der Waals surface area contributed by atoms with Gasteiger partial charge in [0.25, 0.3) is 5.91 Å². The molecule has 0 radical (unpaired) electrons. The lowest BCUT2D eigenvalue weighted by Gasteiger charge is -2.36. The molecule has 1 aliphatic heterocycles. The summed E-state index contributed by atoms with van der Waals surface area (Å²) in [5, 5.41) is 5.80. The van der Waals surface area contributed by atoms with E-state index < -0.39 is 0 Å². The Bertz CT molecular complexity index is 1400. The quantitative estimate of drug-likeness (QED) is 0.408. The number of aryl methyl sites for hydroxylation is 3. The van der Waals surface area contributed by atoms with Crippen molar-refractivity contribution < 1.29 is 14.3 Å². The van der Waals surface area contributed by atoms with Crippen molar-refractivity contribution in [1.82, 2.24) is 19.2 Å². The molecule has 3 heterocycles. The van der Waals surface area contributed by atoms with Gasteiger partial charge in [0.05, 0.1) is 31.5 Å². The average Bonchev–Trinajstić information content (AvgIpc) is 3.40. The number of methoxy groups -OCH3 is 2. The van der Waals surface area contributed by atoms with Gasteiger partial charge in [-0.2, -0.15) is 5.10 Å². The van der Waals surface area contributed by atoms with Gasteiger partial charge in [-0.15, -0.1) is 0 Å². The maximum atomic E-state index is 14.1. The first kappa shape index (κ1) is 23.0. The molecule has 0 fully saturated rings. The lowest BCUT2D eigenvalue weighted by Crippen LogP contribution is -2.41. The molecule has 1 aliphatic rings. The molecule has 7 nitrogen and oxygen atoms in total. The first-order valence-corrected chi connectivity index (χ1v) is 12.1. The van der Waals surface area contributed by atoms with Crippen molar-refractivity contribution in [2.45, 2.75) is 39.3 Å². The molecule has 5 rings (SSSR count). The van der Waals surface area contributed by atoms with Crippen LogP contribution >= 0.6 is 0 Å². The highest BCUT2D eigenvalue weighted by molar-refractivity contribution is 6.07. The molecular weight excluding hydrogens is 440 g/mol. The number of benzene rings is 2. The molecule has 0 bridgehead atoms. The van der Waals surface area contributed by atoms with Crippen molar-refractivity contribution in [2.24, 2.45) is 7.05 Å². The van der Waals surface area contributed by atoms with E-state index in [1.54, 1.807) is 14.2 Å². The van der Waals surface area contributed by atoms with Crippen LogP contribution in [0.4, 0.5) is 0 Å². The summed E-state index contributed by atoms with van der Waals surface area (Å²) in [6.45, 7) is 5.64. The van der Waals surface area contributed by atoms with Crippen LogP contribution in [0.2, 0.25) is 0 Å². The second-order valence-corrected chi connectivity index (χ2v) is 9.09. The SMILES string of the molecule is CCn1nc(C)c2c1CCN(C(=O)c1cn(C)c3ccccc13)C2Cc1ccc(OC)c(OC)c1. The number of rotatable bonds is 6. The Hall–Kier alpha value is -3.74. The standard InChI is InChI=1S/C28H32N4O3/c1-6-32-23-13-14-31(28(33)21-17-30(3)22-10-8-7-9-20(21)22)24(27(23)18(2)29-32)15-19-11-12-25(34-4)26(16-19)35-5/h7-12,16-17,24H,6,13-15H2,1-5H3. The van der Waals surface area contributed by atoms with Gasteiger partial charge < -0.3 is 18.9 Å². The van der Waals surface area contributed by atoms with E-state index in [1.807, 2.05) is 53.0 Å². The van der Waals surface area contributed by atoms with Gasteiger partial charge in [0.1, 0.15) is 0 Å². The fourth-order valence-corrected chi connectivity index (χ4v) is 5.49. The minimum Gasteiger partial charge on any atom is -0.493 e. The van der Waals surface area contributed by atoms with Gasteiger partial charge >= 0.3 is 0 Å². The summed E-state index contributed by atoms with van der Waals surface area (Å²) in [5.74, 6) is 1.44. The molecule has 4 aromatic rings. The van der Waals surface area contributed by atoms with E-state index in [0.29, 0.717) is 24.5 Å². The molecule has 0 saturated carbocycles. The zero-order valence-electron chi connectivity index (χ0n) is 21.0. The van der Waals surface area contributed by atoms with Crippen LogP contribution in [0.3, 0.4) is 0 Å². The summed E-state index contributed by atoms with van der Waals surface area (Å²) in [7, 11) is 5.27. The summed E-state index contributed by atoms with van der Waals surface area (Å²) in [6.07, 6.45) is 3.42. The summed E-state index contributed by atoms with van der Waals surface area (Å²) < 4.78 is 15.1. The molecule has 2 aromatic carbocycles. The van der Waals surface area contributed by atoms with E-state index in [2.05, 4.69) is 30.7 Å². The minimum atomic E-state index is -0.122. The van der Waals surface area contributed by atoms with Crippen LogP contribution in [0, 0.1) is 6.92 Å². The van der Waals surface area contributed by atoms with E-state index >= 15 is 0 Å². The van der Waals surface area contributed by atoms with Gasteiger partial charge in [0.2, 0.25) is 0 Å². The third kappa shape index (κ3) is 3.85. The van der Waals surface area contributed by atoms with Crippen LogP contribution in [0.15, 0.2) is 48.7 Å². The Morgan fingerprint density at radius 3 is 2.63 bits per heavy atom. The third-order valence-corrected chi connectivity index (χ3v) is 7.15. The van der Waals surface area contributed by atoms with Crippen LogP contribution in [0.25, 0.3) is 10.9 Å². The molecule has 1 unspecified atom stereocenters. The van der Waals surface area contributed by atoms with Crippen LogP contribution in [-0.4, -0.2) is 45.9 Å². The minimum absolute atomic E-state index is 0.0570. The molecule has 182 valence electrons. The van der Waals surface area contributed by atoms with Gasteiger partial charge in [0.15, 0.2) is 11.5 Å². The third-order valence-electron chi connectivity index (χ3n) is 7.15. The predicted molar refractivity (Wildman–Crippen MR) is 136 cm³/mol. The highest BCUT2D eigenvalue weighted by Gasteiger charge is 2.36. The number of amides is 1. The Balaban J connectivity index is 1.59. The smallest absolute Gasteiger partial charge is 0.256 e. The number of para-hydroxylation sites is 1. The number of carbonyl (C=O) groups excluding carboxylic acids is 1. The zero-order chi connectivity index (χ0) is 24.7. The Kier molecular flexibility index (Phi) is 6.01. The van der Waals surface area contributed by atoms with E-state index in [4.69, 9.17) is 14.6 Å². The number of hydrogen-bond acceptors (Lipinski definition) is 4. The van der Waals surface area contributed by atoms with Crippen LogP contribution in [0.1, 0.15) is 45.8 Å². The zero-order valence-corrected chi connectivity index (χ0v) is 21.0. The average molecular weight is 473 g/mol. The largest absolute Gasteiger partial charge is 0.493 e. The maximum Gasteiger partial charge on any atom is 0.256 e. The molecule has 0 saturated heterocycles. The number of ether oxygens (including phenoxy) is 2. The van der Waals surface area contributed by atoms with E-state index in [1.165, 1.54) is 11.3 Å². The molecule has 1 amide bonds. The highest BCUT2D eigenvalue weighted by Crippen LogP contribution is 2.38. The molecule has 0 N–H and O–H groups in total. The van der Waals surface area contributed by atoms with Crippen molar-refractivity contribution in [2.75, 3.05) is 20.8 Å². The molecule has 35 heavy (non-hydrogen) atoms. The first-order valence-electron chi connectivity index (χ1n) is 12.1. The maximum absolute atomic E-state index is 14.1. The summed E-state index contributed by atoms with van der Waals surface area (Å²) in [5.41, 5.74) is 6.27. The van der Waals surface area contributed by atoms with Crippen molar-refractivity contribution >= 4 is 16.8 Å². The predicted octanol–water partition coefficient (Wildman–Crippen LogP) is 4.70. The van der Waals surface area contributed by atoms with Gasteiger partial charge in [-0.05, 0) is 44.0 Å². The fourth-order valence-electron chi connectivity index (χ4n) is 5.49. The van der Waals surface area contributed by atoms with Gasteiger partial charge in [-0.3, -0.25) is 9.48 Å². The Morgan fingerprint density at radius 2 is 1.89 bits per heavy atom. The fraction of sp³-hybridized carbons (Fsp3) is 0.357. The van der Waals surface area contributed by atoms with Crippen molar-refractivity contribution in [3.63, 3.8) is 0 Å². The second kappa shape index (κ2) is 9.13. The molecule has 0 spiro atoms. The molecular formula is C28H32N4O3. The monoisotopic (exact) mass is 472 g/mol. The number of fused-ring (bicyclic) bond motifs is 2. The van der Waals surface area contributed by atoms with Crippen LogP contribution in [0.5, 0.6) is 11.5 Å². The topological polar surface area (TPSA) is 61.5 Å². The number of carbonyl (C=O) groups is 1. The van der Waals surface area contributed by atoms with Crippen LogP contribution in [-0.2, 0) is 26.4 Å². The normalized spacial score (nSPS) is 15.3. The number of nitrogens with zero attached hydrogens (tertiary/aromatic N) is 4. The van der Waals surface area contributed by atoms with E-state index in [-0.39, 0.29) is 11.9 Å². The van der Waals surface area contributed by atoms with E-state index in [9.17, 15) is 4.79 Å². The Morgan fingerprint density at radius 1 is 1.11 bits per heavy atom. The molecule has 1 atom stereocenters. The lowest BCUT2D eigenvalue weighted by molar-refractivity contribution is 0.0659. The molecule has 2 aromatic heterocycles. The lowest BCUT2D eigenvalue weighted by atomic mass is 9.90.